The molecule has 1 saturated heterocycles. The van der Waals surface area contributed by atoms with Gasteiger partial charge >= 0.3 is 0 Å². The van der Waals surface area contributed by atoms with Gasteiger partial charge in [-0.15, -0.1) is 0 Å². The molecule has 1 aromatic rings. The van der Waals surface area contributed by atoms with Gasteiger partial charge in [0.2, 0.25) is 5.91 Å². The Morgan fingerprint density at radius 3 is 2.70 bits per heavy atom. The lowest BCUT2D eigenvalue weighted by atomic mass is 9.96. The van der Waals surface area contributed by atoms with Crippen LogP contribution in [0.2, 0.25) is 0 Å². The Morgan fingerprint density at radius 1 is 1.45 bits per heavy atom. The highest BCUT2D eigenvalue weighted by Crippen LogP contribution is 2.27. The van der Waals surface area contributed by atoms with Crippen molar-refractivity contribution in [2.24, 2.45) is 5.92 Å². The van der Waals surface area contributed by atoms with E-state index in [1.165, 1.54) is 0 Å². The predicted octanol–water partition coefficient (Wildman–Crippen LogP) is 2.61. The van der Waals surface area contributed by atoms with Gasteiger partial charge < -0.3 is 10.2 Å². The zero-order chi connectivity index (χ0) is 14.5. The highest BCUT2D eigenvalue weighted by atomic mass is 79.9. The number of rotatable bonds is 4. The standard InChI is InChI=1S/C15H19BrN2O2/c1-11(20)17-9-12-4-6-18(7-5-12)14-3-2-13(10-19)15(16)8-14/h2-3,8,10,12H,4-7,9H2,1H3,(H,17,20). The first-order valence-electron chi connectivity index (χ1n) is 6.84. The van der Waals surface area contributed by atoms with E-state index in [1.54, 1.807) is 6.92 Å². The highest BCUT2D eigenvalue weighted by Gasteiger charge is 2.19. The van der Waals surface area contributed by atoms with Crippen molar-refractivity contribution >= 4 is 33.8 Å². The van der Waals surface area contributed by atoms with Gasteiger partial charge in [-0.3, -0.25) is 9.59 Å². The van der Waals surface area contributed by atoms with Gasteiger partial charge in [0, 0.05) is 42.3 Å². The normalized spacial score (nSPS) is 16.0. The number of piperidine rings is 1. The van der Waals surface area contributed by atoms with Gasteiger partial charge in [0.15, 0.2) is 6.29 Å². The predicted molar refractivity (Wildman–Crippen MR) is 83.2 cm³/mol. The second kappa shape index (κ2) is 6.88. The molecule has 1 fully saturated rings. The summed E-state index contributed by atoms with van der Waals surface area (Å²) in [6.07, 6.45) is 3.01. The molecule has 2 rings (SSSR count). The van der Waals surface area contributed by atoms with Crippen molar-refractivity contribution in [1.29, 1.82) is 0 Å². The van der Waals surface area contributed by atoms with Crippen LogP contribution in [-0.4, -0.2) is 31.8 Å². The molecule has 0 aliphatic carbocycles. The van der Waals surface area contributed by atoms with E-state index in [4.69, 9.17) is 0 Å². The average Bonchev–Trinajstić information content (AvgIpc) is 2.45. The summed E-state index contributed by atoms with van der Waals surface area (Å²) in [5.74, 6) is 0.605. The van der Waals surface area contributed by atoms with Crippen molar-refractivity contribution < 1.29 is 9.59 Å². The van der Waals surface area contributed by atoms with E-state index in [0.717, 1.165) is 48.9 Å². The minimum atomic E-state index is 0.0424. The summed E-state index contributed by atoms with van der Waals surface area (Å²) in [6.45, 7) is 4.30. The van der Waals surface area contributed by atoms with Crippen molar-refractivity contribution in [2.45, 2.75) is 19.8 Å². The lowest BCUT2D eigenvalue weighted by Gasteiger charge is -2.33. The Kier molecular flexibility index (Phi) is 5.17. The van der Waals surface area contributed by atoms with E-state index in [0.29, 0.717) is 11.5 Å². The Balaban J connectivity index is 1.91. The van der Waals surface area contributed by atoms with Crippen molar-refractivity contribution in [3.8, 4) is 0 Å². The summed E-state index contributed by atoms with van der Waals surface area (Å²) in [5.41, 5.74) is 1.81. The van der Waals surface area contributed by atoms with Gasteiger partial charge in [-0.1, -0.05) is 0 Å². The van der Waals surface area contributed by atoms with Crippen LogP contribution in [0.5, 0.6) is 0 Å². The molecule has 4 nitrogen and oxygen atoms in total. The highest BCUT2D eigenvalue weighted by molar-refractivity contribution is 9.10. The third kappa shape index (κ3) is 3.82. The summed E-state index contributed by atoms with van der Waals surface area (Å²) in [5, 5.41) is 2.89. The molecule has 0 aromatic heterocycles. The second-order valence-corrected chi connectivity index (χ2v) is 6.05. The number of nitrogens with one attached hydrogen (secondary N) is 1. The van der Waals surface area contributed by atoms with Gasteiger partial charge in [-0.2, -0.15) is 0 Å². The van der Waals surface area contributed by atoms with Gasteiger partial charge in [0.05, 0.1) is 0 Å². The molecule has 5 heteroatoms. The number of carbonyl (C=O) groups is 2. The fourth-order valence-corrected chi connectivity index (χ4v) is 2.95. The first kappa shape index (κ1) is 15.0. The van der Waals surface area contributed by atoms with Crippen LogP contribution in [0.1, 0.15) is 30.1 Å². The average molecular weight is 339 g/mol. The fourth-order valence-electron chi connectivity index (χ4n) is 2.49. The van der Waals surface area contributed by atoms with E-state index >= 15 is 0 Å². The Morgan fingerprint density at radius 2 is 2.15 bits per heavy atom. The third-order valence-electron chi connectivity index (χ3n) is 3.73. The molecule has 1 amide bonds. The summed E-state index contributed by atoms with van der Waals surface area (Å²) >= 11 is 3.42. The summed E-state index contributed by atoms with van der Waals surface area (Å²) in [6, 6.07) is 5.83. The number of carbonyl (C=O) groups excluding carboxylic acids is 2. The lowest BCUT2D eigenvalue weighted by Crippen LogP contribution is -2.38. The van der Waals surface area contributed by atoms with E-state index in [-0.39, 0.29) is 5.91 Å². The number of nitrogens with zero attached hydrogens (tertiary/aromatic N) is 1. The molecule has 0 unspecified atom stereocenters. The van der Waals surface area contributed by atoms with Crippen LogP contribution >= 0.6 is 15.9 Å². The van der Waals surface area contributed by atoms with Crippen molar-refractivity contribution in [3.05, 3.63) is 28.2 Å². The summed E-state index contributed by atoms with van der Waals surface area (Å²) in [4.78, 5) is 24.0. The Bertz CT molecular complexity index is 497. The van der Waals surface area contributed by atoms with Crippen LogP contribution in [0.4, 0.5) is 5.69 Å². The summed E-state index contributed by atoms with van der Waals surface area (Å²) < 4.78 is 0.838. The Hall–Kier alpha value is -1.36. The monoisotopic (exact) mass is 338 g/mol. The molecule has 1 aliphatic heterocycles. The van der Waals surface area contributed by atoms with E-state index in [2.05, 4.69) is 26.1 Å². The van der Waals surface area contributed by atoms with Gasteiger partial charge in [0.1, 0.15) is 0 Å². The molecule has 1 heterocycles. The van der Waals surface area contributed by atoms with Crippen LogP contribution in [-0.2, 0) is 4.79 Å². The minimum Gasteiger partial charge on any atom is -0.371 e. The molecule has 0 saturated carbocycles. The summed E-state index contributed by atoms with van der Waals surface area (Å²) in [7, 11) is 0. The van der Waals surface area contributed by atoms with Crippen LogP contribution < -0.4 is 10.2 Å². The number of benzene rings is 1. The zero-order valence-corrected chi connectivity index (χ0v) is 13.1. The number of amides is 1. The van der Waals surface area contributed by atoms with Crippen molar-refractivity contribution in [3.63, 3.8) is 0 Å². The Labute approximate surface area is 127 Å². The number of hydrogen-bond acceptors (Lipinski definition) is 3. The molecule has 0 bridgehead atoms. The maximum Gasteiger partial charge on any atom is 0.216 e. The first-order chi connectivity index (χ1) is 9.60. The number of halogens is 1. The third-order valence-corrected chi connectivity index (χ3v) is 4.42. The maximum atomic E-state index is 10.9. The van der Waals surface area contributed by atoms with Crippen LogP contribution in [0.3, 0.4) is 0 Å². The molecule has 1 N–H and O–H groups in total. The quantitative estimate of drug-likeness (QED) is 0.858. The fraction of sp³-hybridized carbons (Fsp3) is 0.467. The first-order valence-corrected chi connectivity index (χ1v) is 7.63. The molecular formula is C15H19BrN2O2. The number of anilines is 1. The van der Waals surface area contributed by atoms with Gasteiger partial charge in [-0.05, 0) is 52.9 Å². The van der Waals surface area contributed by atoms with Crippen LogP contribution in [0.25, 0.3) is 0 Å². The van der Waals surface area contributed by atoms with Crippen LogP contribution in [0.15, 0.2) is 22.7 Å². The molecule has 0 radical (unpaired) electrons. The molecule has 1 aromatic carbocycles. The second-order valence-electron chi connectivity index (χ2n) is 5.19. The van der Waals surface area contributed by atoms with Crippen molar-refractivity contribution in [2.75, 3.05) is 24.5 Å². The molecular weight excluding hydrogens is 320 g/mol. The lowest BCUT2D eigenvalue weighted by molar-refractivity contribution is -0.119. The van der Waals surface area contributed by atoms with E-state index in [9.17, 15) is 9.59 Å². The molecule has 20 heavy (non-hydrogen) atoms. The van der Waals surface area contributed by atoms with E-state index < -0.39 is 0 Å². The molecule has 0 spiro atoms. The number of aldehydes is 1. The smallest absolute Gasteiger partial charge is 0.216 e. The van der Waals surface area contributed by atoms with Crippen molar-refractivity contribution in [1.82, 2.24) is 5.32 Å². The van der Waals surface area contributed by atoms with E-state index in [1.807, 2.05) is 18.2 Å². The molecule has 108 valence electrons. The zero-order valence-electron chi connectivity index (χ0n) is 11.6. The largest absolute Gasteiger partial charge is 0.371 e. The van der Waals surface area contributed by atoms with Gasteiger partial charge in [0.25, 0.3) is 0 Å². The SMILES string of the molecule is CC(=O)NCC1CCN(c2ccc(C=O)c(Br)c2)CC1. The maximum absolute atomic E-state index is 10.9. The molecule has 0 atom stereocenters. The number of hydrogen-bond donors (Lipinski definition) is 1. The topological polar surface area (TPSA) is 49.4 Å². The van der Waals surface area contributed by atoms with Gasteiger partial charge in [-0.25, -0.2) is 0 Å². The van der Waals surface area contributed by atoms with Crippen LogP contribution in [0, 0.1) is 5.92 Å². The molecule has 1 aliphatic rings. The minimum absolute atomic E-state index is 0.0424.